The minimum Gasteiger partial charge on any atom is -0.325 e. The van der Waals surface area contributed by atoms with Crippen LogP contribution in [0, 0.1) is 0 Å². The number of hydrogen-bond acceptors (Lipinski definition) is 3. The molecule has 22 heavy (non-hydrogen) atoms. The standard InChI is InChI=1S/C15H10Cl3N3O/c1-21-14(22)10-4-2-8(16)6-13(10)20-15(21)19-9-3-5-11(17)12(18)7-9/h2-7H,1H3,(H,19,20). The Balaban J connectivity index is 2.12. The maximum absolute atomic E-state index is 12.4. The lowest BCUT2D eigenvalue weighted by atomic mass is 10.2. The average molecular weight is 355 g/mol. The van der Waals surface area contributed by atoms with E-state index in [4.69, 9.17) is 34.8 Å². The zero-order chi connectivity index (χ0) is 15.9. The number of aromatic nitrogens is 2. The van der Waals surface area contributed by atoms with Crippen molar-refractivity contribution in [1.29, 1.82) is 0 Å². The van der Waals surface area contributed by atoms with E-state index in [1.165, 1.54) is 4.57 Å². The SMILES string of the molecule is Cn1c(Nc2ccc(Cl)c(Cl)c2)nc2cc(Cl)ccc2c1=O. The van der Waals surface area contributed by atoms with Crippen molar-refractivity contribution in [3.63, 3.8) is 0 Å². The Morgan fingerprint density at radius 1 is 1.05 bits per heavy atom. The van der Waals surface area contributed by atoms with Gasteiger partial charge < -0.3 is 5.32 Å². The van der Waals surface area contributed by atoms with E-state index in [-0.39, 0.29) is 5.56 Å². The van der Waals surface area contributed by atoms with Crippen molar-refractivity contribution in [2.24, 2.45) is 7.05 Å². The minimum absolute atomic E-state index is 0.163. The van der Waals surface area contributed by atoms with Crippen LogP contribution in [-0.4, -0.2) is 9.55 Å². The van der Waals surface area contributed by atoms with Crippen LogP contribution < -0.4 is 10.9 Å². The van der Waals surface area contributed by atoms with E-state index in [1.54, 1.807) is 43.4 Å². The molecule has 1 aromatic heterocycles. The third kappa shape index (κ3) is 2.77. The molecule has 4 nitrogen and oxygen atoms in total. The van der Waals surface area contributed by atoms with Crippen LogP contribution in [0.3, 0.4) is 0 Å². The molecule has 3 rings (SSSR count). The Labute approximate surface area is 141 Å². The summed E-state index contributed by atoms with van der Waals surface area (Å²) in [4.78, 5) is 16.8. The second-order valence-electron chi connectivity index (χ2n) is 4.71. The fourth-order valence-electron chi connectivity index (χ4n) is 2.06. The second-order valence-corrected chi connectivity index (χ2v) is 5.97. The molecule has 112 valence electrons. The van der Waals surface area contributed by atoms with Crippen LogP contribution in [0.5, 0.6) is 0 Å². The van der Waals surface area contributed by atoms with Gasteiger partial charge in [0, 0.05) is 17.8 Å². The highest BCUT2D eigenvalue weighted by Crippen LogP contribution is 2.26. The third-order valence-electron chi connectivity index (χ3n) is 3.21. The first-order valence-electron chi connectivity index (χ1n) is 6.34. The van der Waals surface area contributed by atoms with Crippen molar-refractivity contribution in [3.8, 4) is 0 Å². The Morgan fingerprint density at radius 3 is 2.55 bits per heavy atom. The highest BCUT2D eigenvalue weighted by Gasteiger charge is 2.09. The minimum atomic E-state index is -0.163. The van der Waals surface area contributed by atoms with Gasteiger partial charge in [-0.15, -0.1) is 0 Å². The van der Waals surface area contributed by atoms with Crippen molar-refractivity contribution in [2.75, 3.05) is 5.32 Å². The number of rotatable bonds is 2. The van der Waals surface area contributed by atoms with Gasteiger partial charge in [0.25, 0.3) is 5.56 Å². The summed E-state index contributed by atoms with van der Waals surface area (Å²) in [7, 11) is 1.64. The molecule has 0 bridgehead atoms. The van der Waals surface area contributed by atoms with Crippen LogP contribution in [0.25, 0.3) is 10.9 Å². The summed E-state index contributed by atoms with van der Waals surface area (Å²) in [6.45, 7) is 0. The molecule has 0 fully saturated rings. The van der Waals surface area contributed by atoms with Crippen LogP contribution in [0.15, 0.2) is 41.2 Å². The summed E-state index contributed by atoms with van der Waals surface area (Å²) in [6, 6.07) is 10.1. The van der Waals surface area contributed by atoms with Gasteiger partial charge in [-0.05, 0) is 36.4 Å². The molecule has 0 saturated heterocycles. The number of benzene rings is 2. The Hall–Kier alpha value is -1.75. The van der Waals surface area contributed by atoms with Crippen molar-refractivity contribution < 1.29 is 0 Å². The van der Waals surface area contributed by atoms with Gasteiger partial charge in [0.05, 0.1) is 20.9 Å². The molecule has 0 atom stereocenters. The molecule has 0 aliphatic rings. The van der Waals surface area contributed by atoms with Gasteiger partial charge >= 0.3 is 0 Å². The zero-order valence-corrected chi connectivity index (χ0v) is 13.7. The molecule has 0 amide bonds. The summed E-state index contributed by atoms with van der Waals surface area (Å²) in [5, 5.41) is 4.96. The Kier molecular flexibility index (Phi) is 4.00. The molecule has 3 aromatic rings. The van der Waals surface area contributed by atoms with E-state index < -0.39 is 0 Å². The fraction of sp³-hybridized carbons (Fsp3) is 0.0667. The van der Waals surface area contributed by atoms with Gasteiger partial charge in [-0.25, -0.2) is 4.98 Å². The lowest BCUT2D eigenvalue weighted by Gasteiger charge is -2.12. The van der Waals surface area contributed by atoms with Gasteiger partial charge in [0.15, 0.2) is 0 Å². The van der Waals surface area contributed by atoms with E-state index >= 15 is 0 Å². The van der Waals surface area contributed by atoms with Crippen LogP contribution in [-0.2, 0) is 7.05 Å². The van der Waals surface area contributed by atoms with Crippen molar-refractivity contribution >= 4 is 57.3 Å². The normalized spacial score (nSPS) is 10.9. The van der Waals surface area contributed by atoms with Crippen molar-refractivity contribution in [2.45, 2.75) is 0 Å². The fourth-order valence-corrected chi connectivity index (χ4v) is 2.52. The smallest absolute Gasteiger partial charge is 0.262 e. The molecule has 0 radical (unpaired) electrons. The van der Waals surface area contributed by atoms with Gasteiger partial charge in [0.1, 0.15) is 0 Å². The van der Waals surface area contributed by atoms with E-state index in [0.717, 1.165) is 0 Å². The number of nitrogens with one attached hydrogen (secondary N) is 1. The largest absolute Gasteiger partial charge is 0.325 e. The monoisotopic (exact) mass is 353 g/mol. The molecule has 0 unspecified atom stereocenters. The second kappa shape index (κ2) is 5.80. The Bertz CT molecular complexity index is 937. The molecular weight excluding hydrogens is 345 g/mol. The van der Waals surface area contributed by atoms with Crippen molar-refractivity contribution in [1.82, 2.24) is 9.55 Å². The summed E-state index contributed by atoms with van der Waals surface area (Å²) in [6.07, 6.45) is 0. The zero-order valence-electron chi connectivity index (χ0n) is 11.4. The summed E-state index contributed by atoms with van der Waals surface area (Å²) < 4.78 is 1.43. The number of anilines is 2. The van der Waals surface area contributed by atoms with Crippen LogP contribution in [0.1, 0.15) is 0 Å². The molecule has 1 heterocycles. The maximum Gasteiger partial charge on any atom is 0.262 e. The predicted molar refractivity (Wildman–Crippen MR) is 91.7 cm³/mol. The average Bonchev–Trinajstić information content (AvgIpc) is 2.48. The molecule has 1 N–H and O–H groups in total. The lowest BCUT2D eigenvalue weighted by Crippen LogP contribution is -2.21. The number of nitrogens with zero attached hydrogens (tertiary/aromatic N) is 2. The summed E-state index contributed by atoms with van der Waals surface area (Å²) in [5.41, 5.74) is 1.04. The first kappa shape index (κ1) is 15.2. The molecule has 7 heteroatoms. The summed E-state index contributed by atoms with van der Waals surface area (Å²) in [5.74, 6) is 0.387. The molecule has 0 aliphatic carbocycles. The topological polar surface area (TPSA) is 46.9 Å². The summed E-state index contributed by atoms with van der Waals surface area (Å²) >= 11 is 17.8. The molecule has 0 spiro atoms. The van der Waals surface area contributed by atoms with E-state index in [2.05, 4.69) is 10.3 Å². The third-order valence-corrected chi connectivity index (χ3v) is 4.19. The lowest BCUT2D eigenvalue weighted by molar-refractivity contribution is 0.856. The van der Waals surface area contributed by atoms with E-state index in [0.29, 0.717) is 37.6 Å². The number of fused-ring (bicyclic) bond motifs is 1. The molecule has 2 aromatic carbocycles. The predicted octanol–water partition coefficient (Wildman–Crippen LogP) is 4.64. The highest BCUT2D eigenvalue weighted by molar-refractivity contribution is 6.42. The van der Waals surface area contributed by atoms with Crippen LogP contribution in [0.4, 0.5) is 11.6 Å². The van der Waals surface area contributed by atoms with Crippen LogP contribution in [0.2, 0.25) is 15.1 Å². The first-order chi connectivity index (χ1) is 10.5. The molecule has 0 aliphatic heterocycles. The van der Waals surface area contributed by atoms with Crippen molar-refractivity contribution in [3.05, 3.63) is 61.8 Å². The van der Waals surface area contributed by atoms with Gasteiger partial charge in [0.2, 0.25) is 5.95 Å². The maximum atomic E-state index is 12.4. The van der Waals surface area contributed by atoms with E-state index in [9.17, 15) is 4.79 Å². The van der Waals surface area contributed by atoms with E-state index in [1.807, 2.05) is 0 Å². The van der Waals surface area contributed by atoms with Gasteiger partial charge in [-0.2, -0.15) is 0 Å². The van der Waals surface area contributed by atoms with Crippen LogP contribution >= 0.6 is 34.8 Å². The number of halogens is 3. The van der Waals surface area contributed by atoms with Gasteiger partial charge in [-0.1, -0.05) is 34.8 Å². The number of hydrogen-bond donors (Lipinski definition) is 1. The highest BCUT2D eigenvalue weighted by atomic mass is 35.5. The Morgan fingerprint density at radius 2 is 1.82 bits per heavy atom. The molecular formula is C15H10Cl3N3O. The first-order valence-corrected chi connectivity index (χ1v) is 7.47. The molecule has 0 saturated carbocycles. The quantitative estimate of drug-likeness (QED) is 0.729. The van der Waals surface area contributed by atoms with Gasteiger partial charge in [-0.3, -0.25) is 9.36 Å².